The van der Waals surface area contributed by atoms with E-state index in [9.17, 15) is 55.9 Å². The van der Waals surface area contributed by atoms with E-state index in [1.54, 1.807) is 0 Å². The Hall–Kier alpha value is -1.13. The fourth-order valence-electron chi connectivity index (χ4n) is 4.35. The molecule has 0 unspecified atom stereocenters. The number of hydrogen-bond donors (Lipinski definition) is 11. The maximum absolute atomic E-state index is 11.7. The zero-order valence-corrected chi connectivity index (χ0v) is 19.7. The molecule has 3 heterocycles. The first-order valence-electron chi connectivity index (χ1n) is 11.6. The van der Waals surface area contributed by atoms with Gasteiger partial charge >= 0.3 is 0 Å². The van der Waals surface area contributed by atoms with Crippen LogP contribution < -0.4 is 5.32 Å². The molecule has 11 N–H and O–H groups in total. The summed E-state index contributed by atoms with van der Waals surface area (Å²) in [6.07, 6.45) is -22.9. The van der Waals surface area contributed by atoms with Gasteiger partial charge in [0.25, 0.3) is 0 Å². The minimum Gasteiger partial charge on any atom is -0.394 e. The van der Waals surface area contributed by atoms with Crippen molar-refractivity contribution in [3.63, 3.8) is 0 Å². The lowest BCUT2D eigenvalue weighted by Crippen LogP contribution is -2.68. The molecule has 0 aliphatic carbocycles. The lowest BCUT2D eigenvalue weighted by atomic mass is 9.95. The van der Waals surface area contributed by atoms with E-state index in [4.69, 9.17) is 23.7 Å². The van der Waals surface area contributed by atoms with E-state index in [0.717, 1.165) is 6.92 Å². The second-order valence-electron chi connectivity index (χ2n) is 9.11. The van der Waals surface area contributed by atoms with E-state index in [1.165, 1.54) is 0 Å². The van der Waals surface area contributed by atoms with E-state index >= 15 is 0 Å². The van der Waals surface area contributed by atoms with Crippen LogP contribution in [0.1, 0.15) is 6.92 Å². The summed E-state index contributed by atoms with van der Waals surface area (Å²) in [6, 6.07) is -1.43. The highest BCUT2D eigenvalue weighted by molar-refractivity contribution is 5.73. The van der Waals surface area contributed by atoms with Gasteiger partial charge in [-0.3, -0.25) is 4.79 Å². The Labute approximate surface area is 210 Å². The summed E-state index contributed by atoms with van der Waals surface area (Å²) in [6.45, 7) is -0.964. The third-order valence-electron chi connectivity index (χ3n) is 6.48. The lowest BCUT2D eigenvalue weighted by molar-refractivity contribution is -0.348. The molecule has 37 heavy (non-hydrogen) atoms. The van der Waals surface area contributed by atoms with Crippen LogP contribution in [-0.2, 0) is 28.5 Å². The summed E-state index contributed by atoms with van der Waals surface area (Å²) in [5, 5.41) is 103. The maximum atomic E-state index is 11.7. The molecule has 0 radical (unpaired) electrons. The Balaban J connectivity index is 1.74. The SMILES string of the molecule is CC(=O)N[C@@H]1[C@@H](O[C@@H]2O[C@H](CO)[C@H](O)[C@H](O)[C@H]2O)[C@@H](O)[C@@H](CO[C@@H]2O[C@H](CO)[C@H](O)[C@H](O)[C@H]2O)O[C@H]1O. The number of carbonyl (C=O) groups is 1. The number of hydrogen-bond acceptors (Lipinski definition) is 16. The summed E-state index contributed by atoms with van der Waals surface area (Å²) in [7, 11) is 0. The minimum absolute atomic E-state index is 0.609. The molecule has 15 atom stereocenters. The highest BCUT2D eigenvalue weighted by Gasteiger charge is 2.52. The van der Waals surface area contributed by atoms with Crippen LogP contribution in [-0.4, -0.2) is 169 Å². The molecule has 17 heteroatoms. The second kappa shape index (κ2) is 12.8. The highest BCUT2D eigenvalue weighted by Crippen LogP contribution is 2.30. The molecule has 3 fully saturated rings. The summed E-state index contributed by atoms with van der Waals surface area (Å²) in [5.74, 6) is -0.654. The van der Waals surface area contributed by atoms with Crippen molar-refractivity contribution < 1.29 is 79.5 Å². The molecule has 3 saturated heterocycles. The van der Waals surface area contributed by atoms with Crippen molar-refractivity contribution >= 4 is 5.91 Å². The van der Waals surface area contributed by atoms with Crippen molar-refractivity contribution in [1.82, 2.24) is 5.32 Å². The molecular weight excluding hydrogens is 510 g/mol. The molecule has 216 valence electrons. The topological polar surface area (TPSA) is 278 Å². The Morgan fingerprint density at radius 2 is 1.22 bits per heavy atom. The Bertz CT molecular complexity index is 743. The number of amides is 1. The standard InChI is InChI=1S/C20H35NO16/c1-5(24)21-9-17(37-20-16(31)14(29)11(26)7(3-23)36-20)12(27)8(34-18(9)32)4-33-19-15(30)13(28)10(25)6(2-22)35-19/h6-20,22-23,25-32H,2-4H2,1H3,(H,21,24)/t6-,7-,8-,9-,10+,11+,12+,13+,14+,15-,16-,17-,18-,19-,20+/m1/s1. The quantitative estimate of drug-likeness (QED) is 0.135. The van der Waals surface area contributed by atoms with Crippen LogP contribution in [0, 0.1) is 0 Å². The Morgan fingerprint density at radius 3 is 1.73 bits per heavy atom. The molecule has 0 spiro atoms. The first-order chi connectivity index (χ1) is 17.4. The second-order valence-corrected chi connectivity index (χ2v) is 9.11. The maximum Gasteiger partial charge on any atom is 0.217 e. The van der Waals surface area contributed by atoms with Crippen molar-refractivity contribution in [3.8, 4) is 0 Å². The number of aliphatic hydroxyl groups excluding tert-OH is 10. The summed E-state index contributed by atoms with van der Waals surface area (Å²) < 4.78 is 26.8. The van der Waals surface area contributed by atoms with Gasteiger partial charge in [-0.1, -0.05) is 0 Å². The van der Waals surface area contributed by atoms with Gasteiger partial charge in [0, 0.05) is 6.92 Å². The van der Waals surface area contributed by atoms with Crippen molar-refractivity contribution in [2.24, 2.45) is 0 Å². The third-order valence-corrected chi connectivity index (χ3v) is 6.48. The van der Waals surface area contributed by atoms with Crippen LogP contribution in [0.15, 0.2) is 0 Å². The first kappa shape index (κ1) is 30.4. The molecule has 0 aromatic carbocycles. The van der Waals surface area contributed by atoms with Crippen molar-refractivity contribution in [1.29, 1.82) is 0 Å². The molecule has 3 aliphatic rings. The highest BCUT2D eigenvalue weighted by atomic mass is 16.7. The van der Waals surface area contributed by atoms with Gasteiger partial charge in [-0.2, -0.15) is 0 Å². The smallest absolute Gasteiger partial charge is 0.217 e. The van der Waals surface area contributed by atoms with Crippen LogP contribution in [0.4, 0.5) is 0 Å². The first-order valence-corrected chi connectivity index (χ1v) is 11.6. The van der Waals surface area contributed by atoms with Gasteiger partial charge in [-0.05, 0) is 0 Å². The average Bonchev–Trinajstić information content (AvgIpc) is 2.86. The number of ether oxygens (including phenoxy) is 5. The lowest BCUT2D eigenvalue weighted by Gasteiger charge is -2.47. The molecule has 1 amide bonds. The molecule has 0 aromatic heterocycles. The molecule has 3 rings (SSSR count). The van der Waals surface area contributed by atoms with Crippen LogP contribution in [0.3, 0.4) is 0 Å². The summed E-state index contributed by atoms with van der Waals surface area (Å²) in [5.41, 5.74) is 0. The predicted molar refractivity (Wildman–Crippen MR) is 113 cm³/mol. The Morgan fingerprint density at radius 1 is 0.703 bits per heavy atom. The third kappa shape index (κ3) is 6.55. The number of nitrogens with one attached hydrogen (secondary N) is 1. The van der Waals surface area contributed by atoms with Gasteiger partial charge in [0.1, 0.15) is 73.2 Å². The zero-order valence-electron chi connectivity index (χ0n) is 19.7. The molecule has 0 bridgehead atoms. The van der Waals surface area contributed by atoms with Gasteiger partial charge in [0.05, 0.1) is 19.8 Å². The number of aliphatic hydroxyl groups is 10. The number of rotatable bonds is 8. The monoisotopic (exact) mass is 545 g/mol. The van der Waals surface area contributed by atoms with Gasteiger partial charge < -0.3 is 80.1 Å². The van der Waals surface area contributed by atoms with E-state index in [1.807, 2.05) is 0 Å². The van der Waals surface area contributed by atoms with Gasteiger partial charge in [0.15, 0.2) is 18.9 Å². The van der Waals surface area contributed by atoms with E-state index in [2.05, 4.69) is 5.32 Å². The molecule has 17 nitrogen and oxygen atoms in total. The fraction of sp³-hybridized carbons (Fsp3) is 0.950. The predicted octanol–water partition coefficient (Wildman–Crippen LogP) is -7.43. The summed E-state index contributed by atoms with van der Waals surface area (Å²) >= 11 is 0. The van der Waals surface area contributed by atoms with E-state index in [-0.39, 0.29) is 0 Å². The van der Waals surface area contributed by atoms with Crippen LogP contribution in [0.25, 0.3) is 0 Å². The number of carbonyl (C=O) groups excluding carboxylic acids is 1. The molecule has 3 aliphatic heterocycles. The van der Waals surface area contributed by atoms with Gasteiger partial charge in [-0.15, -0.1) is 0 Å². The summed E-state index contributed by atoms with van der Waals surface area (Å²) in [4.78, 5) is 11.7. The average molecular weight is 545 g/mol. The van der Waals surface area contributed by atoms with Crippen molar-refractivity contribution in [2.75, 3.05) is 19.8 Å². The fourth-order valence-corrected chi connectivity index (χ4v) is 4.35. The van der Waals surface area contributed by atoms with Crippen molar-refractivity contribution in [3.05, 3.63) is 0 Å². The van der Waals surface area contributed by atoms with Crippen molar-refractivity contribution in [2.45, 2.75) is 99.0 Å². The van der Waals surface area contributed by atoms with Gasteiger partial charge in [-0.25, -0.2) is 0 Å². The van der Waals surface area contributed by atoms with E-state index < -0.39 is 118 Å². The van der Waals surface area contributed by atoms with Crippen LogP contribution in [0.5, 0.6) is 0 Å². The minimum atomic E-state index is -1.85. The van der Waals surface area contributed by atoms with E-state index in [0.29, 0.717) is 0 Å². The van der Waals surface area contributed by atoms with Crippen LogP contribution in [0.2, 0.25) is 0 Å². The normalized spacial score (nSPS) is 49.0. The molecular formula is C20H35NO16. The van der Waals surface area contributed by atoms with Crippen LogP contribution >= 0.6 is 0 Å². The zero-order chi connectivity index (χ0) is 27.6. The van der Waals surface area contributed by atoms with Gasteiger partial charge in [0.2, 0.25) is 5.91 Å². The largest absolute Gasteiger partial charge is 0.394 e. The molecule has 0 aromatic rings. The molecule has 0 saturated carbocycles. The Kier molecular flexibility index (Phi) is 10.5.